The van der Waals surface area contributed by atoms with Crippen LogP contribution >= 0.6 is 23.2 Å². The van der Waals surface area contributed by atoms with Crippen molar-refractivity contribution < 1.29 is 13.9 Å². The molecule has 110 valence electrons. The number of halogens is 3. The number of nitrogens with zero attached hydrogens (tertiary/aromatic N) is 1. The van der Waals surface area contributed by atoms with E-state index in [2.05, 4.69) is 15.0 Å². The Kier molecular flexibility index (Phi) is 4.98. The molecule has 2 rings (SSSR count). The van der Waals surface area contributed by atoms with Crippen LogP contribution in [0.25, 0.3) is 0 Å². The van der Waals surface area contributed by atoms with Crippen molar-refractivity contribution in [3.05, 3.63) is 57.6 Å². The van der Waals surface area contributed by atoms with Crippen LogP contribution in [-0.2, 0) is 11.3 Å². The number of hydrogen-bond acceptors (Lipinski definition) is 4. The van der Waals surface area contributed by atoms with Gasteiger partial charge in [-0.1, -0.05) is 41.4 Å². The van der Waals surface area contributed by atoms with E-state index in [4.69, 9.17) is 23.2 Å². The van der Waals surface area contributed by atoms with Crippen LogP contribution in [0.15, 0.2) is 30.3 Å². The van der Waals surface area contributed by atoms with E-state index in [9.17, 15) is 9.18 Å². The number of carbonyl (C=O) groups is 1. The van der Waals surface area contributed by atoms with Crippen molar-refractivity contribution in [2.24, 2.45) is 0 Å². The Hall–Kier alpha value is -1.85. The fourth-order valence-electron chi connectivity index (χ4n) is 1.69. The quantitative estimate of drug-likeness (QED) is 0.682. The number of hydrogen-bond donors (Lipinski definition) is 1. The highest BCUT2D eigenvalue weighted by Crippen LogP contribution is 2.28. The van der Waals surface area contributed by atoms with Crippen molar-refractivity contribution in [3.63, 3.8) is 0 Å². The molecule has 0 unspecified atom stereocenters. The van der Waals surface area contributed by atoms with E-state index >= 15 is 0 Å². The molecule has 4 nitrogen and oxygen atoms in total. The summed E-state index contributed by atoms with van der Waals surface area (Å²) in [4.78, 5) is 15.4. The Labute approximate surface area is 130 Å². The molecule has 21 heavy (non-hydrogen) atoms. The van der Waals surface area contributed by atoms with Crippen LogP contribution in [0.3, 0.4) is 0 Å². The fraction of sp³-hybridized carbons (Fsp3) is 0.143. The molecule has 0 radical (unpaired) electrons. The van der Waals surface area contributed by atoms with E-state index in [1.165, 1.54) is 19.2 Å². The molecule has 0 spiro atoms. The van der Waals surface area contributed by atoms with Gasteiger partial charge in [0.05, 0.1) is 17.8 Å². The lowest BCUT2D eigenvalue weighted by atomic mass is 10.2. The molecule has 0 saturated heterocycles. The number of rotatable bonds is 4. The molecule has 1 aromatic carbocycles. The number of pyridine rings is 1. The summed E-state index contributed by atoms with van der Waals surface area (Å²) < 4.78 is 18.1. The van der Waals surface area contributed by atoms with Gasteiger partial charge >= 0.3 is 5.97 Å². The molecule has 0 aliphatic heterocycles. The molecule has 0 aliphatic carbocycles. The topological polar surface area (TPSA) is 51.2 Å². The van der Waals surface area contributed by atoms with Gasteiger partial charge < -0.3 is 10.1 Å². The van der Waals surface area contributed by atoms with E-state index in [-0.39, 0.29) is 28.2 Å². The van der Waals surface area contributed by atoms with Crippen LogP contribution in [0, 0.1) is 5.82 Å². The maximum atomic E-state index is 13.5. The zero-order valence-electron chi connectivity index (χ0n) is 11.0. The van der Waals surface area contributed by atoms with Crippen LogP contribution in [0.5, 0.6) is 0 Å². The zero-order chi connectivity index (χ0) is 15.4. The number of aromatic nitrogens is 1. The molecule has 0 amide bonds. The third-order valence-electron chi connectivity index (χ3n) is 2.73. The first-order valence-corrected chi connectivity index (χ1v) is 6.70. The monoisotopic (exact) mass is 328 g/mol. The normalized spacial score (nSPS) is 10.3. The predicted octanol–water partition coefficient (Wildman–Crippen LogP) is 3.93. The molecule has 7 heteroatoms. The van der Waals surface area contributed by atoms with Gasteiger partial charge in [-0.15, -0.1) is 0 Å². The molecule has 0 aliphatic rings. The van der Waals surface area contributed by atoms with Gasteiger partial charge in [0.1, 0.15) is 11.0 Å². The molecule has 0 atom stereocenters. The number of benzene rings is 1. The SMILES string of the molecule is COC(=O)c1nc(Cl)cc(NCc2ccccc2F)c1Cl. The van der Waals surface area contributed by atoms with Crippen LogP contribution < -0.4 is 5.32 Å². The first-order valence-electron chi connectivity index (χ1n) is 5.94. The largest absolute Gasteiger partial charge is 0.464 e. The van der Waals surface area contributed by atoms with E-state index in [0.717, 1.165) is 0 Å². The molecular formula is C14H11Cl2FN2O2. The molecule has 0 fully saturated rings. The average Bonchev–Trinajstić information content (AvgIpc) is 2.48. The third-order valence-corrected chi connectivity index (χ3v) is 3.31. The van der Waals surface area contributed by atoms with Crippen molar-refractivity contribution in [2.75, 3.05) is 12.4 Å². The van der Waals surface area contributed by atoms with Crippen LogP contribution in [0.2, 0.25) is 10.2 Å². The third kappa shape index (κ3) is 3.62. The van der Waals surface area contributed by atoms with Gasteiger partial charge in [0.2, 0.25) is 0 Å². The van der Waals surface area contributed by atoms with E-state index in [0.29, 0.717) is 11.3 Å². The summed E-state index contributed by atoms with van der Waals surface area (Å²) in [5.41, 5.74) is 0.740. The first kappa shape index (κ1) is 15.5. The van der Waals surface area contributed by atoms with Gasteiger partial charge in [0.15, 0.2) is 5.69 Å². The minimum atomic E-state index is -0.698. The maximum absolute atomic E-state index is 13.5. The smallest absolute Gasteiger partial charge is 0.358 e. The molecule has 1 heterocycles. The highest BCUT2D eigenvalue weighted by molar-refractivity contribution is 6.37. The Morgan fingerprint density at radius 1 is 1.38 bits per heavy atom. The van der Waals surface area contributed by atoms with Crippen molar-refractivity contribution in [1.29, 1.82) is 0 Å². The number of esters is 1. The lowest BCUT2D eigenvalue weighted by Crippen LogP contribution is -2.09. The molecule has 0 bridgehead atoms. The molecule has 1 aromatic heterocycles. The highest BCUT2D eigenvalue weighted by atomic mass is 35.5. The second-order valence-electron chi connectivity index (χ2n) is 4.09. The van der Waals surface area contributed by atoms with Crippen LogP contribution in [0.4, 0.5) is 10.1 Å². The van der Waals surface area contributed by atoms with Gasteiger partial charge in [-0.3, -0.25) is 0 Å². The number of nitrogens with one attached hydrogen (secondary N) is 1. The summed E-state index contributed by atoms with van der Waals surface area (Å²) in [6.07, 6.45) is 0. The summed E-state index contributed by atoms with van der Waals surface area (Å²) in [5.74, 6) is -1.04. The van der Waals surface area contributed by atoms with Gasteiger partial charge in [0.25, 0.3) is 0 Å². The van der Waals surface area contributed by atoms with Gasteiger partial charge in [-0.2, -0.15) is 0 Å². The lowest BCUT2D eigenvalue weighted by molar-refractivity contribution is 0.0594. The Balaban J connectivity index is 2.26. The van der Waals surface area contributed by atoms with Crippen molar-refractivity contribution >= 4 is 34.9 Å². The van der Waals surface area contributed by atoms with Gasteiger partial charge in [-0.05, 0) is 6.07 Å². The predicted molar refractivity (Wildman–Crippen MR) is 79.3 cm³/mol. The molecule has 0 saturated carbocycles. The van der Waals surface area contributed by atoms with Gasteiger partial charge in [-0.25, -0.2) is 14.2 Å². The van der Waals surface area contributed by atoms with Crippen LogP contribution in [-0.4, -0.2) is 18.1 Å². The maximum Gasteiger partial charge on any atom is 0.358 e. The first-order chi connectivity index (χ1) is 10.0. The summed E-state index contributed by atoms with van der Waals surface area (Å²) >= 11 is 11.9. The zero-order valence-corrected chi connectivity index (χ0v) is 12.5. The summed E-state index contributed by atoms with van der Waals surface area (Å²) in [6.45, 7) is 0.188. The van der Waals surface area contributed by atoms with Crippen molar-refractivity contribution in [3.8, 4) is 0 Å². The number of carbonyl (C=O) groups excluding carboxylic acids is 1. The molecule has 1 N–H and O–H groups in total. The summed E-state index contributed by atoms with van der Waals surface area (Å²) in [6, 6.07) is 7.78. The van der Waals surface area contributed by atoms with Crippen molar-refractivity contribution in [1.82, 2.24) is 4.98 Å². The van der Waals surface area contributed by atoms with E-state index < -0.39 is 5.97 Å². The number of anilines is 1. The summed E-state index contributed by atoms with van der Waals surface area (Å²) in [7, 11) is 1.22. The minimum absolute atomic E-state index is 0.0718. The summed E-state index contributed by atoms with van der Waals surface area (Å²) in [5, 5.41) is 3.08. The van der Waals surface area contributed by atoms with E-state index in [1.807, 2.05) is 0 Å². The lowest BCUT2D eigenvalue weighted by Gasteiger charge is -2.11. The average molecular weight is 329 g/mol. The molecule has 2 aromatic rings. The van der Waals surface area contributed by atoms with Gasteiger partial charge in [0, 0.05) is 18.2 Å². The highest BCUT2D eigenvalue weighted by Gasteiger charge is 2.17. The minimum Gasteiger partial charge on any atom is -0.464 e. The number of methoxy groups -OCH3 is 1. The second-order valence-corrected chi connectivity index (χ2v) is 4.86. The van der Waals surface area contributed by atoms with E-state index in [1.54, 1.807) is 18.2 Å². The standard InChI is InChI=1S/C14H11Cl2FN2O2/c1-21-14(20)13-12(16)10(6-11(15)19-13)18-7-8-4-2-3-5-9(8)17/h2-6H,7H2,1H3,(H,18,19). The fourth-order valence-corrected chi connectivity index (χ4v) is 2.13. The Morgan fingerprint density at radius 3 is 2.76 bits per heavy atom. The second kappa shape index (κ2) is 6.74. The van der Waals surface area contributed by atoms with Crippen molar-refractivity contribution in [2.45, 2.75) is 6.54 Å². The number of ether oxygens (including phenoxy) is 1. The van der Waals surface area contributed by atoms with Crippen LogP contribution in [0.1, 0.15) is 16.1 Å². The molecular weight excluding hydrogens is 318 g/mol. The Morgan fingerprint density at radius 2 is 2.10 bits per heavy atom. The Bertz CT molecular complexity index is 680.